The lowest BCUT2D eigenvalue weighted by molar-refractivity contribution is 0.564. The summed E-state index contributed by atoms with van der Waals surface area (Å²) in [7, 11) is 2.82. The molecule has 0 bridgehead atoms. The predicted octanol–water partition coefficient (Wildman–Crippen LogP) is 0.138. The molecule has 0 N–H and O–H groups in total. The Balaban J connectivity index is 2.65. The monoisotopic (exact) mass is 217 g/mol. The molecule has 0 unspecified atom stereocenters. The highest BCUT2D eigenvalue weighted by molar-refractivity contribution is 6.50. The van der Waals surface area contributed by atoms with E-state index < -0.39 is 0 Å². The van der Waals surface area contributed by atoms with Crippen LogP contribution in [0.5, 0.6) is 0 Å². The molecular formula is C9H5O3Si2. The molecule has 0 saturated carbocycles. The second kappa shape index (κ2) is 3.91. The zero-order valence-corrected chi connectivity index (χ0v) is 9.11. The van der Waals surface area contributed by atoms with Crippen molar-refractivity contribution in [2.24, 2.45) is 0 Å². The van der Waals surface area contributed by atoms with Gasteiger partial charge in [0.15, 0.2) is 0 Å². The Kier molecular flexibility index (Phi) is 2.62. The Morgan fingerprint density at radius 2 is 2.14 bits per heavy atom. The summed E-state index contributed by atoms with van der Waals surface area (Å²) in [5.41, 5.74) is 0.250. The Morgan fingerprint density at radius 3 is 2.93 bits per heavy atom. The van der Waals surface area contributed by atoms with Gasteiger partial charge in [-0.1, -0.05) is 18.2 Å². The molecule has 5 heteroatoms. The van der Waals surface area contributed by atoms with E-state index in [1.54, 1.807) is 12.1 Å². The van der Waals surface area contributed by atoms with Crippen molar-refractivity contribution >= 4 is 36.4 Å². The third-order valence-corrected chi connectivity index (χ3v) is 2.78. The topological polar surface area (TPSA) is 39.4 Å². The van der Waals surface area contributed by atoms with E-state index in [1.165, 1.54) is 0 Å². The minimum Gasteiger partial charge on any atom is -0.454 e. The van der Waals surface area contributed by atoms with Crippen molar-refractivity contribution in [2.45, 2.75) is 0 Å². The second-order valence-electron chi connectivity index (χ2n) is 2.69. The van der Waals surface area contributed by atoms with Gasteiger partial charge in [-0.15, -0.1) is 0 Å². The van der Waals surface area contributed by atoms with Gasteiger partial charge in [0.2, 0.25) is 10.5 Å². The van der Waals surface area contributed by atoms with Gasteiger partial charge in [0.25, 0.3) is 9.76 Å². The van der Waals surface area contributed by atoms with Crippen LogP contribution < -0.4 is 10.8 Å². The van der Waals surface area contributed by atoms with Gasteiger partial charge in [-0.2, -0.15) is 0 Å². The highest BCUT2D eigenvalue weighted by Gasteiger charge is 2.05. The molecule has 3 nitrogen and oxygen atoms in total. The van der Waals surface area contributed by atoms with Gasteiger partial charge in [-0.3, -0.25) is 0 Å². The molecule has 0 aliphatic rings. The van der Waals surface area contributed by atoms with Crippen molar-refractivity contribution in [1.82, 2.24) is 0 Å². The third-order valence-electron chi connectivity index (χ3n) is 1.80. The highest BCUT2D eigenvalue weighted by atomic mass is 28.3. The lowest BCUT2D eigenvalue weighted by Gasteiger charge is -1.98. The van der Waals surface area contributed by atoms with Crippen molar-refractivity contribution in [3.8, 4) is 0 Å². The van der Waals surface area contributed by atoms with Crippen LogP contribution in [-0.2, 0) is 4.12 Å². The smallest absolute Gasteiger partial charge is 0.337 e. The Morgan fingerprint density at radius 1 is 1.36 bits per heavy atom. The zero-order chi connectivity index (χ0) is 9.97. The van der Waals surface area contributed by atoms with Gasteiger partial charge in [-0.25, -0.2) is 4.79 Å². The number of para-hydroxylation sites is 1. The molecule has 1 heterocycles. The van der Waals surface area contributed by atoms with E-state index >= 15 is 0 Å². The van der Waals surface area contributed by atoms with Crippen LogP contribution in [0.15, 0.2) is 39.5 Å². The fourth-order valence-corrected chi connectivity index (χ4v) is 1.98. The molecule has 0 spiro atoms. The molecule has 0 aliphatic heterocycles. The Bertz CT molecular complexity index is 507. The Labute approximate surface area is 86.2 Å². The summed E-state index contributed by atoms with van der Waals surface area (Å²) in [6, 6.07) is 9.15. The molecule has 0 atom stereocenters. The molecule has 1 aromatic carbocycles. The molecule has 67 valence electrons. The molecule has 2 aromatic rings. The van der Waals surface area contributed by atoms with Crippen molar-refractivity contribution in [1.29, 1.82) is 0 Å². The molecule has 14 heavy (non-hydrogen) atoms. The van der Waals surface area contributed by atoms with E-state index in [-0.39, 0.29) is 15.4 Å². The number of fused-ring (bicyclic) bond motifs is 1. The molecule has 0 fully saturated rings. The SMILES string of the molecule is O=c1oc2ccccc2cc1[Si]O[Si]. The van der Waals surface area contributed by atoms with E-state index in [0.717, 1.165) is 5.39 Å². The predicted molar refractivity (Wildman–Crippen MR) is 54.7 cm³/mol. The first-order valence-corrected chi connectivity index (χ1v) is 5.24. The van der Waals surface area contributed by atoms with Gasteiger partial charge in [0.05, 0.1) is 5.19 Å². The summed E-state index contributed by atoms with van der Waals surface area (Å²) < 4.78 is 9.83. The van der Waals surface area contributed by atoms with E-state index in [2.05, 4.69) is 10.5 Å². The molecule has 0 aliphatic carbocycles. The first kappa shape index (κ1) is 9.38. The molecule has 0 amide bonds. The first-order chi connectivity index (χ1) is 6.81. The fraction of sp³-hybridized carbons (Fsp3) is 0. The van der Waals surface area contributed by atoms with E-state index in [4.69, 9.17) is 8.53 Å². The summed E-state index contributed by atoms with van der Waals surface area (Å²) in [5.74, 6) is 0. The third kappa shape index (κ3) is 1.70. The number of hydrogen-bond acceptors (Lipinski definition) is 3. The standard InChI is InChI=1S/C9H5O3Si2/c10-9-8(14-12-13)5-6-3-1-2-4-7(6)11-9/h1-5H. The minimum absolute atomic E-state index is 0.0434. The van der Waals surface area contributed by atoms with Crippen LogP contribution in [0.2, 0.25) is 0 Å². The zero-order valence-electron chi connectivity index (χ0n) is 7.11. The van der Waals surface area contributed by atoms with Crippen molar-refractivity contribution in [2.75, 3.05) is 0 Å². The maximum absolute atomic E-state index is 11.4. The van der Waals surface area contributed by atoms with Crippen LogP contribution in [0.3, 0.4) is 0 Å². The number of benzene rings is 1. The maximum Gasteiger partial charge on any atom is 0.337 e. The normalized spacial score (nSPS) is 10.6. The highest BCUT2D eigenvalue weighted by Crippen LogP contribution is 2.08. The number of rotatable bonds is 2. The van der Waals surface area contributed by atoms with Crippen LogP contribution in [0.1, 0.15) is 0 Å². The lowest BCUT2D eigenvalue weighted by atomic mass is 10.2. The van der Waals surface area contributed by atoms with Crippen LogP contribution >= 0.6 is 0 Å². The van der Waals surface area contributed by atoms with Gasteiger partial charge in [0.1, 0.15) is 5.58 Å². The quantitative estimate of drug-likeness (QED) is 0.530. The minimum atomic E-state index is -0.347. The van der Waals surface area contributed by atoms with Crippen LogP contribution in [0.25, 0.3) is 11.0 Å². The van der Waals surface area contributed by atoms with E-state index in [0.29, 0.717) is 10.8 Å². The average Bonchev–Trinajstić information content (AvgIpc) is 2.19. The second-order valence-corrected chi connectivity index (χ2v) is 4.25. The molecule has 2 rings (SSSR count). The fourth-order valence-electron chi connectivity index (χ4n) is 1.19. The van der Waals surface area contributed by atoms with Crippen molar-refractivity contribution in [3.05, 3.63) is 40.8 Å². The van der Waals surface area contributed by atoms with Gasteiger partial charge in [-0.05, 0) is 12.1 Å². The van der Waals surface area contributed by atoms with Crippen molar-refractivity contribution < 1.29 is 8.53 Å². The maximum atomic E-state index is 11.4. The summed E-state index contributed by atoms with van der Waals surface area (Å²) in [6.45, 7) is 0. The van der Waals surface area contributed by atoms with Crippen LogP contribution in [-0.4, -0.2) is 20.2 Å². The molecule has 1 aromatic heterocycles. The van der Waals surface area contributed by atoms with Crippen LogP contribution in [0.4, 0.5) is 0 Å². The summed E-state index contributed by atoms with van der Waals surface area (Å²) >= 11 is 0. The van der Waals surface area contributed by atoms with Gasteiger partial charge in [0, 0.05) is 5.39 Å². The molecule has 5 radical (unpaired) electrons. The van der Waals surface area contributed by atoms with Gasteiger partial charge < -0.3 is 8.53 Å². The summed E-state index contributed by atoms with van der Waals surface area (Å²) in [4.78, 5) is 11.4. The number of hydrogen-bond donors (Lipinski definition) is 0. The summed E-state index contributed by atoms with van der Waals surface area (Å²) in [5, 5.41) is 1.43. The lowest BCUT2D eigenvalue weighted by Crippen LogP contribution is -2.31. The van der Waals surface area contributed by atoms with Crippen LogP contribution in [0, 0.1) is 0 Å². The Hall–Kier alpha value is -1.18. The van der Waals surface area contributed by atoms with E-state index in [9.17, 15) is 4.79 Å². The largest absolute Gasteiger partial charge is 0.454 e. The van der Waals surface area contributed by atoms with Gasteiger partial charge >= 0.3 is 5.63 Å². The van der Waals surface area contributed by atoms with Crippen molar-refractivity contribution in [3.63, 3.8) is 0 Å². The average molecular weight is 217 g/mol. The van der Waals surface area contributed by atoms with E-state index in [1.807, 2.05) is 18.2 Å². The first-order valence-electron chi connectivity index (χ1n) is 3.93. The molecule has 0 saturated heterocycles. The summed E-state index contributed by atoms with van der Waals surface area (Å²) in [6.07, 6.45) is 0. The molecular weight excluding hydrogens is 212 g/mol.